The van der Waals surface area contributed by atoms with Crippen LogP contribution in [-0.4, -0.2) is 224 Å². The van der Waals surface area contributed by atoms with Crippen LogP contribution in [0.25, 0.3) is 22.0 Å². The third-order valence-corrected chi connectivity index (χ3v) is 19.8. The van der Waals surface area contributed by atoms with Gasteiger partial charge in [-0.15, -0.1) is 0 Å². The number of aromatic nitrogens is 1. The molecule has 9 aliphatic heterocycles. The van der Waals surface area contributed by atoms with E-state index in [9.17, 15) is 14.4 Å². The number of morpholine rings is 1. The number of aliphatic imine (C=N–C) groups is 1. The number of piperazine rings is 1. The fraction of sp³-hybridized carbons (Fsp3) is 0.721. The van der Waals surface area contributed by atoms with Gasteiger partial charge in [0.15, 0.2) is 0 Å². The third-order valence-electron chi connectivity index (χ3n) is 19.8. The van der Waals surface area contributed by atoms with Crippen molar-refractivity contribution in [1.29, 1.82) is 0 Å². The summed E-state index contributed by atoms with van der Waals surface area (Å²) in [4.78, 5) is 74.3. The summed E-state index contributed by atoms with van der Waals surface area (Å²) >= 11 is 0. The lowest BCUT2D eigenvalue weighted by Gasteiger charge is -2.46. The number of methoxy groups -OCH3 is 1. The van der Waals surface area contributed by atoms with Gasteiger partial charge in [0, 0.05) is 131 Å². The van der Waals surface area contributed by atoms with Crippen molar-refractivity contribution in [2.45, 2.75) is 154 Å². The van der Waals surface area contributed by atoms with Crippen molar-refractivity contribution < 1.29 is 46.6 Å². The van der Waals surface area contributed by atoms with E-state index in [1.54, 1.807) is 7.11 Å². The van der Waals surface area contributed by atoms with E-state index in [1.807, 2.05) is 63.9 Å². The fourth-order valence-electron chi connectivity index (χ4n) is 15.1. The molecule has 1 aliphatic carbocycles. The lowest BCUT2D eigenvalue weighted by atomic mass is 9.83. The molecule has 6 saturated heterocycles. The van der Waals surface area contributed by atoms with Crippen molar-refractivity contribution in [3.63, 3.8) is 0 Å². The van der Waals surface area contributed by atoms with Crippen LogP contribution in [-0.2, 0) is 46.4 Å². The normalized spacial score (nSPS) is 32.2. The first-order chi connectivity index (χ1) is 39.2. The second-order valence-electron chi connectivity index (χ2n) is 26.8. The van der Waals surface area contributed by atoms with E-state index in [0.29, 0.717) is 118 Å². The Kier molecular flexibility index (Phi) is 16.1. The molecule has 18 nitrogen and oxygen atoms in total. The monoisotopic (exact) mass is 1140 g/mol. The van der Waals surface area contributed by atoms with Gasteiger partial charge in [0.25, 0.3) is 5.91 Å². The molecule has 3 N–H and O–H groups in total. The first kappa shape index (κ1) is 57.7. The Bertz CT molecular complexity index is 2880. The van der Waals surface area contributed by atoms with Crippen LogP contribution in [0.1, 0.15) is 103 Å². The maximum atomic E-state index is 15.3. The standard InChI is InChI=1S/C61H86F3N11O7/c1-37(2)53(72-19-15-60(33-72)16-20-73(34-60)57(78)52-51(67-52)39-11-12-39)55(76)66-48-31-69-17-7-9-41(29-69)40-13-14-49-44(25-40)46(27-59(4,5)36-82-58(79)47-10-8-18-75(68-47)56(48)77)54(74(49)35-61(62,63)64)45-26-42(28-65-50(45)38(3)80-6)71-22-21-70-23-24-81-32-43(70)30-71/h9,13-14,25,28,37-39,42-43,47-48,51-53,67-68H,7-8,10-12,15-24,26-27,29-36H2,1-6H3,(H,66,76)/t38-,42+,43-,47-,48-,51+,52+,53-,60-/m0/s1. The van der Waals surface area contributed by atoms with Crippen molar-refractivity contribution in [1.82, 2.24) is 50.1 Å². The Balaban J connectivity index is 0.861. The summed E-state index contributed by atoms with van der Waals surface area (Å²) in [6.45, 7) is 17.6. The Morgan fingerprint density at radius 2 is 1.78 bits per heavy atom. The molecule has 1 spiro atoms. The molecule has 7 fully saturated rings. The molecule has 0 radical (unpaired) electrons. The van der Waals surface area contributed by atoms with Gasteiger partial charge in [-0.3, -0.25) is 54.1 Å². The largest absolute Gasteiger partial charge is 0.464 e. The zero-order chi connectivity index (χ0) is 57.4. The molecule has 82 heavy (non-hydrogen) atoms. The molecule has 448 valence electrons. The Morgan fingerprint density at radius 3 is 2.56 bits per heavy atom. The Labute approximate surface area is 480 Å². The number of nitrogens with one attached hydrogen (secondary N) is 3. The molecule has 10 atom stereocenters. The Hall–Kier alpha value is -4.74. The highest BCUT2D eigenvalue weighted by molar-refractivity contribution is 5.95. The molecule has 10 aliphatic rings. The first-order valence-corrected chi connectivity index (χ1v) is 30.6. The Morgan fingerprint density at radius 1 is 0.976 bits per heavy atom. The molecule has 21 heteroatoms. The number of cyclic esters (lactones) is 1. The second-order valence-corrected chi connectivity index (χ2v) is 26.8. The number of carbonyl (C=O) groups is 4. The number of amides is 3. The van der Waals surface area contributed by atoms with Crippen LogP contribution in [0.5, 0.6) is 0 Å². The van der Waals surface area contributed by atoms with Crippen LogP contribution in [0.15, 0.2) is 35.0 Å². The zero-order valence-electron chi connectivity index (χ0n) is 48.9. The molecular formula is C61H86F3N11O7. The van der Waals surface area contributed by atoms with E-state index in [-0.39, 0.29) is 66.8 Å². The minimum atomic E-state index is -4.58. The number of hydrazine groups is 1. The number of rotatable bonds is 11. The number of benzene rings is 1. The summed E-state index contributed by atoms with van der Waals surface area (Å²) in [5.74, 6) is -0.351. The van der Waals surface area contributed by atoms with Gasteiger partial charge in [0.05, 0.1) is 43.4 Å². The fourth-order valence-corrected chi connectivity index (χ4v) is 15.1. The van der Waals surface area contributed by atoms with E-state index in [0.717, 1.165) is 62.3 Å². The molecule has 1 saturated carbocycles. The van der Waals surface area contributed by atoms with Crippen molar-refractivity contribution >= 4 is 52.0 Å². The molecule has 1 aromatic heterocycles. The van der Waals surface area contributed by atoms with Gasteiger partial charge in [-0.25, -0.2) is 5.43 Å². The van der Waals surface area contributed by atoms with Crippen LogP contribution in [0.3, 0.4) is 0 Å². The summed E-state index contributed by atoms with van der Waals surface area (Å²) in [5, 5.41) is 8.87. The number of hydrogen-bond donors (Lipinski definition) is 3. The van der Waals surface area contributed by atoms with Crippen molar-refractivity contribution in [2.75, 3.05) is 105 Å². The van der Waals surface area contributed by atoms with Gasteiger partial charge in [0.2, 0.25) is 11.8 Å². The molecule has 1 aromatic carbocycles. The summed E-state index contributed by atoms with van der Waals surface area (Å²) in [5.41, 5.74) is 7.09. The van der Waals surface area contributed by atoms with Gasteiger partial charge >= 0.3 is 12.1 Å². The number of hydrogen-bond acceptors (Lipinski definition) is 14. The SMILES string of the molecule is CO[C@@H](C)C1=C(c2c3c4cc(ccc4n2CC(F)(F)F)C2=CCCN(C2)C[C@H](NC(=O)[C@H](C(C)C)N2CC[C@]4(CCN(C(=O)[C@@H]5N[C@@H]5C5CC5)C4)C2)C(=O)N2CCC[C@H](N2)C(=O)OCC(C)(C)C3)C[C@@H](N2CCN3CCOC[C@@H]3C2)C=N1. The van der Waals surface area contributed by atoms with Gasteiger partial charge in [-0.2, -0.15) is 13.2 Å². The smallest absolute Gasteiger partial charge is 0.406 e. The molecule has 1 unspecified atom stereocenters. The van der Waals surface area contributed by atoms with E-state index in [2.05, 4.69) is 41.7 Å². The van der Waals surface area contributed by atoms with Crippen LogP contribution in [0, 0.1) is 22.7 Å². The summed E-state index contributed by atoms with van der Waals surface area (Å²) in [6.07, 6.45) is 5.46. The highest BCUT2D eigenvalue weighted by Crippen LogP contribution is 2.46. The predicted molar refractivity (Wildman–Crippen MR) is 305 cm³/mol. The molecule has 12 rings (SSSR count). The zero-order valence-corrected chi connectivity index (χ0v) is 48.9. The van der Waals surface area contributed by atoms with E-state index >= 15 is 18.0 Å². The number of ether oxygens (including phenoxy) is 3. The molecule has 6 bridgehead atoms. The number of likely N-dealkylation sites (tertiary alicyclic amines) is 2. The number of halogens is 3. The van der Waals surface area contributed by atoms with Crippen LogP contribution in [0.2, 0.25) is 0 Å². The second kappa shape index (κ2) is 22.9. The van der Waals surface area contributed by atoms with Crippen LogP contribution < -0.4 is 16.1 Å². The topological polar surface area (TPSA) is 179 Å². The minimum Gasteiger partial charge on any atom is -0.464 e. The maximum absolute atomic E-state index is 15.3. The first-order valence-electron chi connectivity index (χ1n) is 30.6. The summed E-state index contributed by atoms with van der Waals surface area (Å²) in [6, 6.07) is 3.69. The third kappa shape index (κ3) is 12.0. The van der Waals surface area contributed by atoms with Crippen LogP contribution >= 0.6 is 0 Å². The average molecular weight is 1140 g/mol. The number of nitrogens with zero attached hydrogens (tertiary/aromatic N) is 8. The molecular weight excluding hydrogens is 1060 g/mol. The molecule has 2 aromatic rings. The van der Waals surface area contributed by atoms with Crippen LogP contribution in [0.4, 0.5) is 13.2 Å². The lowest BCUT2D eigenvalue weighted by molar-refractivity contribution is -0.155. The highest BCUT2D eigenvalue weighted by Gasteiger charge is 2.55. The van der Waals surface area contributed by atoms with Crippen molar-refractivity contribution in [3.8, 4) is 0 Å². The lowest BCUT2D eigenvalue weighted by Crippen LogP contribution is -2.63. The highest BCUT2D eigenvalue weighted by atomic mass is 19.4. The summed E-state index contributed by atoms with van der Waals surface area (Å²) < 4.78 is 65.3. The van der Waals surface area contributed by atoms with Gasteiger partial charge in [-0.1, -0.05) is 39.8 Å². The predicted octanol–water partition coefficient (Wildman–Crippen LogP) is 4.70. The summed E-state index contributed by atoms with van der Waals surface area (Å²) in [7, 11) is 1.60. The number of esters is 1. The quantitative estimate of drug-likeness (QED) is 0.209. The number of fused-ring (bicyclic) bond motifs is 7. The number of carbonyl (C=O) groups excluding carboxylic acids is 4. The van der Waals surface area contributed by atoms with Gasteiger partial charge in [0.1, 0.15) is 24.7 Å². The minimum absolute atomic E-state index is 0.0436. The van der Waals surface area contributed by atoms with Gasteiger partial charge in [-0.05, 0) is 112 Å². The maximum Gasteiger partial charge on any atom is 0.406 e. The van der Waals surface area contributed by atoms with Crippen molar-refractivity contribution in [3.05, 3.63) is 46.8 Å². The van der Waals surface area contributed by atoms with Gasteiger partial charge < -0.3 is 29.0 Å². The number of alkyl halides is 3. The molecule has 3 amide bonds. The average Bonchev–Trinajstić information content (AvgIpc) is 4.05. The van der Waals surface area contributed by atoms with E-state index in [1.165, 1.54) is 22.4 Å². The van der Waals surface area contributed by atoms with Crippen molar-refractivity contribution in [2.24, 2.45) is 27.7 Å². The molecule has 10 heterocycles. The van der Waals surface area contributed by atoms with E-state index < -0.39 is 48.3 Å². The van der Waals surface area contributed by atoms with E-state index in [4.69, 9.17) is 19.2 Å².